The van der Waals surface area contributed by atoms with Gasteiger partial charge in [-0.3, -0.25) is 9.59 Å². The van der Waals surface area contributed by atoms with E-state index in [1.807, 2.05) is 31.2 Å². The number of carbonyl (C=O) groups excluding carboxylic acids is 2. The molecule has 6 heteroatoms. The number of benzene rings is 3. The number of halogens is 1. The first-order valence-electron chi connectivity index (χ1n) is 9.55. The molecule has 1 atom stereocenters. The summed E-state index contributed by atoms with van der Waals surface area (Å²) >= 11 is 6.06. The van der Waals surface area contributed by atoms with E-state index in [0.29, 0.717) is 40.7 Å². The van der Waals surface area contributed by atoms with E-state index < -0.39 is 12.0 Å². The van der Waals surface area contributed by atoms with Gasteiger partial charge in [0.15, 0.2) is 5.78 Å². The van der Waals surface area contributed by atoms with Gasteiger partial charge >= 0.3 is 0 Å². The molecule has 30 heavy (non-hydrogen) atoms. The summed E-state index contributed by atoms with van der Waals surface area (Å²) in [5.41, 5.74) is 8.87. The van der Waals surface area contributed by atoms with Crippen LogP contribution >= 0.6 is 11.6 Å². The van der Waals surface area contributed by atoms with Crippen molar-refractivity contribution < 1.29 is 19.1 Å². The van der Waals surface area contributed by atoms with Crippen LogP contribution in [0.5, 0.6) is 11.5 Å². The third-order valence-corrected chi connectivity index (χ3v) is 5.40. The third kappa shape index (κ3) is 3.89. The number of Topliss-reactive ketones (excluding diaryl/α,β-unsaturated/α-hetero) is 1. The summed E-state index contributed by atoms with van der Waals surface area (Å²) < 4.78 is 12.2. The van der Waals surface area contributed by atoms with Gasteiger partial charge in [-0.25, -0.2) is 0 Å². The van der Waals surface area contributed by atoms with Gasteiger partial charge in [0, 0.05) is 22.6 Å². The minimum Gasteiger partial charge on any atom is -0.492 e. The van der Waals surface area contributed by atoms with Crippen LogP contribution in [-0.4, -0.2) is 18.3 Å². The molecule has 0 fully saturated rings. The number of primary amides is 1. The Labute approximate surface area is 179 Å². The van der Waals surface area contributed by atoms with Crippen LogP contribution in [-0.2, 0) is 0 Å². The molecule has 0 bridgehead atoms. The molecule has 1 heterocycles. The van der Waals surface area contributed by atoms with Crippen molar-refractivity contribution in [1.29, 1.82) is 0 Å². The molecular formula is C24H20ClNO4. The van der Waals surface area contributed by atoms with E-state index in [9.17, 15) is 9.59 Å². The van der Waals surface area contributed by atoms with Crippen molar-refractivity contribution in [3.05, 3.63) is 93.5 Å². The van der Waals surface area contributed by atoms with Crippen molar-refractivity contribution in [2.24, 2.45) is 5.73 Å². The number of ether oxygens (including phenoxy) is 2. The first-order chi connectivity index (χ1) is 14.4. The van der Waals surface area contributed by atoms with Crippen molar-refractivity contribution in [2.45, 2.75) is 19.4 Å². The Balaban J connectivity index is 1.74. The third-order valence-electron chi connectivity index (χ3n) is 5.15. The van der Waals surface area contributed by atoms with Gasteiger partial charge in [0.1, 0.15) is 17.6 Å². The van der Waals surface area contributed by atoms with Gasteiger partial charge in [-0.15, -0.1) is 0 Å². The zero-order valence-corrected chi connectivity index (χ0v) is 17.1. The van der Waals surface area contributed by atoms with Crippen molar-refractivity contribution >= 4 is 23.3 Å². The van der Waals surface area contributed by atoms with Crippen LogP contribution in [0.1, 0.15) is 49.9 Å². The smallest absolute Gasteiger partial charge is 0.248 e. The molecule has 4 rings (SSSR count). The summed E-state index contributed by atoms with van der Waals surface area (Å²) in [5.74, 6) is 0.769. The number of rotatable bonds is 5. The maximum atomic E-state index is 12.2. The highest BCUT2D eigenvalue weighted by Crippen LogP contribution is 2.38. The van der Waals surface area contributed by atoms with E-state index in [2.05, 4.69) is 0 Å². The molecule has 5 nitrogen and oxygen atoms in total. The van der Waals surface area contributed by atoms with Gasteiger partial charge in [0.05, 0.1) is 12.2 Å². The maximum absolute atomic E-state index is 12.2. The van der Waals surface area contributed by atoms with Gasteiger partial charge in [0.25, 0.3) is 0 Å². The zero-order chi connectivity index (χ0) is 21.3. The van der Waals surface area contributed by atoms with Crippen LogP contribution in [0.15, 0.2) is 60.7 Å². The first-order valence-corrected chi connectivity index (χ1v) is 9.93. The minimum absolute atomic E-state index is 0.0715. The van der Waals surface area contributed by atoms with Crippen molar-refractivity contribution in [3.63, 3.8) is 0 Å². The largest absolute Gasteiger partial charge is 0.492 e. The highest BCUT2D eigenvalue weighted by Gasteiger charge is 2.24. The molecule has 0 aromatic heterocycles. The van der Waals surface area contributed by atoms with Crippen LogP contribution in [0.4, 0.5) is 0 Å². The van der Waals surface area contributed by atoms with Crippen LogP contribution in [0.3, 0.4) is 0 Å². The molecular weight excluding hydrogens is 402 g/mol. The number of ketones is 1. The molecule has 0 saturated heterocycles. The fourth-order valence-electron chi connectivity index (χ4n) is 3.50. The second-order valence-corrected chi connectivity index (χ2v) is 7.56. The Bertz CT molecular complexity index is 1110. The topological polar surface area (TPSA) is 78.6 Å². The summed E-state index contributed by atoms with van der Waals surface area (Å²) in [6.07, 6.45) is -0.0769. The number of hydrogen-bond acceptors (Lipinski definition) is 4. The van der Waals surface area contributed by atoms with Crippen LogP contribution in [0.2, 0.25) is 5.02 Å². The molecule has 2 N–H and O–H groups in total. The highest BCUT2D eigenvalue weighted by molar-refractivity contribution is 6.30. The summed E-state index contributed by atoms with van der Waals surface area (Å²) in [6.45, 7) is 2.24. The Hall–Kier alpha value is -3.31. The Kier molecular flexibility index (Phi) is 5.46. The second kappa shape index (κ2) is 8.20. The lowest BCUT2D eigenvalue weighted by Gasteiger charge is -2.24. The number of fused-ring (bicyclic) bond motifs is 1. The molecule has 152 valence electrons. The molecule has 1 unspecified atom stereocenters. The molecule has 0 aliphatic carbocycles. The van der Waals surface area contributed by atoms with E-state index in [1.165, 1.54) is 0 Å². The van der Waals surface area contributed by atoms with E-state index >= 15 is 0 Å². The summed E-state index contributed by atoms with van der Waals surface area (Å²) in [6, 6.07) is 17.9. The summed E-state index contributed by atoms with van der Waals surface area (Å²) in [7, 11) is 0. The second-order valence-electron chi connectivity index (χ2n) is 7.12. The van der Waals surface area contributed by atoms with E-state index in [0.717, 1.165) is 16.7 Å². The predicted molar refractivity (Wildman–Crippen MR) is 115 cm³/mol. The van der Waals surface area contributed by atoms with Crippen LogP contribution < -0.4 is 15.2 Å². The van der Waals surface area contributed by atoms with Gasteiger partial charge in [-0.1, -0.05) is 35.9 Å². The standard InChI is InChI=1S/C24H20ClNO4/c1-14-21(11-10-19-20(27)12-13-29-22(14)19)30-23(16-6-8-18(25)9-7-16)15-2-4-17(5-3-15)24(26)28/h2-11,23H,12-13H2,1H3,(H2,26,28). The molecule has 1 amide bonds. The van der Waals surface area contributed by atoms with E-state index in [4.69, 9.17) is 26.8 Å². The Morgan fingerprint density at radius 3 is 2.30 bits per heavy atom. The lowest BCUT2D eigenvalue weighted by atomic mass is 9.98. The average Bonchev–Trinajstić information content (AvgIpc) is 2.75. The zero-order valence-electron chi connectivity index (χ0n) is 16.4. The first kappa shape index (κ1) is 20.0. The quantitative estimate of drug-likeness (QED) is 0.636. The molecule has 0 saturated carbocycles. The minimum atomic E-state index is -0.488. The lowest BCUT2D eigenvalue weighted by Crippen LogP contribution is -2.17. The molecule has 1 aliphatic heterocycles. The predicted octanol–water partition coefficient (Wildman–Crippen LogP) is 4.88. The van der Waals surface area contributed by atoms with Gasteiger partial charge in [0.2, 0.25) is 5.91 Å². The van der Waals surface area contributed by atoms with Crippen molar-refractivity contribution in [2.75, 3.05) is 6.61 Å². The van der Waals surface area contributed by atoms with E-state index in [1.54, 1.807) is 36.4 Å². The number of amides is 1. The highest BCUT2D eigenvalue weighted by atomic mass is 35.5. The lowest BCUT2D eigenvalue weighted by molar-refractivity contribution is 0.0931. The van der Waals surface area contributed by atoms with Crippen molar-refractivity contribution in [3.8, 4) is 11.5 Å². The molecule has 3 aromatic rings. The molecule has 1 aliphatic rings. The normalized spacial score (nSPS) is 13.9. The van der Waals surface area contributed by atoms with Crippen LogP contribution in [0.25, 0.3) is 0 Å². The summed E-state index contributed by atoms with van der Waals surface area (Å²) in [5, 5.41) is 0.624. The fraction of sp³-hybridized carbons (Fsp3) is 0.167. The van der Waals surface area contributed by atoms with Gasteiger partial charge in [-0.05, 0) is 54.4 Å². The van der Waals surface area contributed by atoms with Gasteiger partial charge in [-0.2, -0.15) is 0 Å². The average molecular weight is 422 g/mol. The molecule has 0 spiro atoms. The Morgan fingerprint density at radius 2 is 1.67 bits per heavy atom. The Morgan fingerprint density at radius 1 is 1.03 bits per heavy atom. The summed E-state index contributed by atoms with van der Waals surface area (Å²) in [4.78, 5) is 23.6. The van der Waals surface area contributed by atoms with Crippen LogP contribution in [0, 0.1) is 6.92 Å². The SMILES string of the molecule is Cc1c(OC(c2ccc(Cl)cc2)c2ccc(C(N)=O)cc2)ccc2c1OCCC2=O. The number of nitrogens with two attached hydrogens (primary N) is 1. The van der Waals surface area contributed by atoms with E-state index in [-0.39, 0.29) is 5.78 Å². The van der Waals surface area contributed by atoms with Crippen molar-refractivity contribution in [1.82, 2.24) is 0 Å². The maximum Gasteiger partial charge on any atom is 0.248 e. The number of carbonyl (C=O) groups is 2. The molecule has 0 radical (unpaired) electrons. The molecule has 3 aromatic carbocycles. The number of hydrogen-bond donors (Lipinski definition) is 1. The van der Waals surface area contributed by atoms with Gasteiger partial charge < -0.3 is 15.2 Å². The fourth-order valence-corrected chi connectivity index (χ4v) is 3.63. The monoisotopic (exact) mass is 421 g/mol.